The largest absolute Gasteiger partial charge is 0.387 e. The Morgan fingerprint density at radius 2 is 2.29 bits per heavy atom. The molecular weight excluding hydrogens is 244 g/mol. The molecule has 2 unspecified atom stereocenters. The molecule has 1 amide bonds. The fourth-order valence-corrected chi connectivity index (χ4v) is 4.02. The first-order valence-corrected chi connectivity index (χ1v) is 7.64. The lowest BCUT2D eigenvalue weighted by molar-refractivity contribution is -0.125. The average molecular weight is 262 g/mol. The molecular formula is C10H18N2O4S. The quantitative estimate of drug-likeness (QED) is 0.561. The van der Waals surface area contributed by atoms with Gasteiger partial charge in [0.05, 0.1) is 23.0 Å². The van der Waals surface area contributed by atoms with Crippen LogP contribution in [0, 0.1) is 5.92 Å². The SMILES string of the molecule is O=C(NCC1(O)CCNC1)C1CCS(=O)(=O)C1. The number of carbonyl (C=O) groups excluding carboxylic acids is 1. The van der Waals surface area contributed by atoms with Crippen molar-refractivity contribution in [2.24, 2.45) is 5.92 Å². The van der Waals surface area contributed by atoms with Crippen molar-refractivity contribution >= 4 is 15.7 Å². The highest BCUT2D eigenvalue weighted by molar-refractivity contribution is 7.91. The van der Waals surface area contributed by atoms with Crippen LogP contribution in [-0.4, -0.2) is 56.2 Å². The molecule has 2 aliphatic heterocycles. The first kappa shape index (κ1) is 12.8. The van der Waals surface area contributed by atoms with Crippen LogP contribution in [0.1, 0.15) is 12.8 Å². The Kier molecular flexibility index (Phi) is 3.42. The summed E-state index contributed by atoms with van der Waals surface area (Å²) in [6.07, 6.45) is 1.00. The predicted molar refractivity (Wildman–Crippen MR) is 62.2 cm³/mol. The highest BCUT2D eigenvalue weighted by Crippen LogP contribution is 2.19. The standard InChI is InChI=1S/C10H18N2O4S/c13-9(8-1-4-17(15,16)5-8)12-7-10(14)2-3-11-6-10/h8,11,14H,1-7H2,(H,12,13). The first-order chi connectivity index (χ1) is 7.90. The van der Waals surface area contributed by atoms with Crippen LogP contribution in [0.4, 0.5) is 0 Å². The Morgan fingerprint density at radius 3 is 2.82 bits per heavy atom. The Labute approximate surface area is 101 Å². The third-order valence-corrected chi connectivity index (χ3v) is 5.18. The zero-order valence-electron chi connectivity index (χ0n) is 9.61. The molecule has 0 aromatic carbocycles. The zero-order valence-corrected chi connectivity index (χ0v) is 10.4. The Morgan fingerprint density at radius 1 is 1.53 bits per heavy atom. The molecule has 0 aromatic heterocycles. The summed E-state index contributed by atoms with van der Waals surface area (Å²) in [7, 11) is -3.03. The molecule has 3 N–H and O–H groups in total. The van der Waals surface area contributed by atoms with Gasteiger partial charge in [0.25, 0.3) is 0 Å². The molecule has 2 fully saturated rings. The van der Waals surface area contributed by atoms with Crippen molar-refractivity contribution in [3.8, 4) is 0 Å². The van der Waals surface area contributed by atoms with E-state index in [1.807, 2.05) is 0 Å². The summed E-state index contributed by atoms with van der Waals surface area (Å²) >= 11 is 0. The fraction of sp³-hybridized carbons (Fsp3) is 0.900. The summed E-state index contributed by atoms with van der Waals surface area (Å²) in [5.74, 6) is -0.670. The summed E-state index contributed by atoms with van der Waals surface area (Å²) in [6, 6.07) is 0. The van der Waals surface area contributed by atoms with E-state index in [0.717, 1.165) is 6.54 Å². The van der Waals surface area contributed by atoms with Gasteiger partial charge < -0.3 is 15.7 Å². The molecule has 0 spiro atoms. The van der Waals surface area contributed by atoms with Crippen LogP contribution in [-0.2, 0) is 14.6 Å². The van der Waals surface area contributed by atoms with Gasteiger partial charge in [-0.05, 0) is 19.4 Å². The molecule has 0 aliphatic carbocycles. The summed E-state index contributed by atoms with van der Waals surface area (Å²) < 4.78 is 22.5. The number of nitrogens with one attached hydrogen (secondary N) is 2. The first-order valence-electron chi connectivity index (χ1n) is 5.81. The second kappa shape index (κ2) is 4.55. The van der Waals surface area contributed by atoms with Crippen molar-refractivity contribution < 1.29 is 18.3 Å². The molecule has 2 saturated heterocycles. The van der Waals surface area contributed by atoms with E-state index in [4.69, 9.17) is 0 Å². The third-order valence-electron chi connectivity index (χ3n) is 3.42. The highest BCUT2D eigenvalue weighted by atomic mass is 32.2. The van der Waals surface area contributed by atoms with E-state index in [1.165, 1.54) is 0 Å². The number of carbonyl (C=O) groups is 1. The average Bonchev–Trinajstić information content (AvgIpc) is 2.82. The minimum atomic E-state index is -3.03. The van der Waals surface area contributed by atoms with Crippen molar-refractivity contribution in [1.29, 1.82) is 0 Å². The van der Waals surface area contributed by atoms with Crippen LogP contribution >= 0.6 is 0 Å². The summed E-state index contributed by atoms with van der Waals surface area (Å²) in [5.41, 5.74) is -0.882. The van der Waals surface area contributed by atoms with Crippen molar-refractivity contribution in [2.75, 3.05) is 31.1 Å². The second-order valence-corrected chi connectivity index (χ2v) is 7.20. The molecule has 0 radical (unpaired) electrons. The van der Waals surface area contributed by atoms with Gasteiger partial charge in [-0.1, -0.05) is 0 Å². The number of hydrogen-bond acceptors (Lipinski definition) is 5. The Balaban J connectivity index is 1.82. The third kappa shape index (κ3) is 3.17. The Hall–Kier alpha value is -0.660. The normalized spacial score (nSPS) is 35.9. The van der Waals surface area contributed by atoms with Crippen molar-refractivity contribution in [2.45, 2.75) is 18.4 Å². The van der Waals surface area contributed by atoms with Crippen LogP contribution in [0.5, 0.6) is 0 Å². The number of aliphatic hydroxyl groups is 1. The molecule has 0 bridgehead atoms. The molecule has 2 atom stereocenters. The smallest absolute Gasteiger partial charge is 0.224 e. The van der Waals surface area contributed by atoms with Gasteiger partial charge in [0.1, 0.15) is 0 Å². The topological polar surface area (TPSA) is 95.5 Å². The van der Waals surface area contributed by atoms with E-state index >= 15 is 0 Å². The van der Waals surface area contributed by atoms with E-state index in [1.54, 1.807) is 0 Å². The highest BCUT2D eigenvalue weighted by Gasteiger charge is 2.35. The molecule has 7 heteroatoms. The molecule has 98 valence electrons. The second-order valence-electron chi connectivity index (χ2n) is 4.97. The predicted octanol–water partition coefficient (Wildman–Crippen LogP) is -1.74. The molecule has 2 aliphatic rings. The lowest BCUT2D eigenvalue weighted by atomic mass is 10.0. The van der Waals surface area contributed by atoms with E-state index in [9.17, 15) is 18.3 Å². The maximum Gasteiger partial charge on any atom is 0.224 e. The fourth-order valence-electron chi connectivity index (χ4n) is 2.28. The molecule has 2 rings (SSSR count). The minimum absolute atomic E-state index is 0.0600. The van der Waals surface area contributed by atoms with Crippen molar-refractivity contribution in [3.63, 3.8) is 0 Å². The van der Waals surface area contributed by atoms with Crippen LogP contribution in [0.2, 0.25) is 0 Å². The minimum Gasteiger partial charge on any atom is -0.387 e. The van der Waals surface area contributed by atoms with Crippen molar-refractivity contribution in [1.82, 2.24) is 10.6 Å². The molecule has 2 heterocycles. The van der Waals surface area contributed by atoms with Gasteiger partial charge in [-0.3, -0.25) is 4.79 Å². The molecule has 0 aromatic rings. The lowest BCUT2D eigenvalue weighted by Crippen LogP contribution is -2.46. The van der Waals surface area contributed by atoms with E-state index < -0.39 is 21.4 Å². The van der Waals surface area contributed by atoms with Gasteiger partial charge in [0, 0.05) is 13.1 Å². The monoisotopic (exact) mass is 262 g/mol. The summed E-state index contributed by atoms with van der Waals surface area (Å²) in [4.78, 5) is 11.7. The van der Waals surface area contributed by atoms with Gasteiger partial charge in [0.15, 0.2) is 9.84 Å². The zero-order chi connectivity index (χ0) is 12.5. The molecule has 17 heavy (non-hydrogen) atoms. The van der Waals surface area contributed by atoms with Crippen LogP contribution in [0.15, 0.2) is 0 Å². The van der Waals surface area contributed by atoms with Crippen LogP contribution in [0.25, 0.3) is 0 Å². The van der Waals surface area contributed by atoms with Crippen molar-refractivity contribution in [3.05, 3.63) is 0 Å². The molecule has 0 saturated carbocycles. The maximum atomic E-state index is 11.7. The van der Waals surface area contributed by atoms with Crippen LogP contribution < -0.4 is 10.6 Å². The maximum absolute atomic E-state index is 11.7. The number of sulfone groups is 1. The number of hydrogen-bond donors (Lipinski definition) is 3. The molecule has 6 nitrogen and oxygen atoms in total. The summed E-state index contributed by atoms with van der Waals surface area (Å²) in [5, 5.41) is 15.7. The van der Waals surface area contributed by atoms with Gasteiger partial charge in [0.2, 0.25) is 5.91 Å². The summed E-state index contributed by atoms with van der Waals surface area (Å²) in [6.45, 7) is 1.40. The Bertz CT molecular complexity index is 401. The van der Waals surface area contributed by atoms with Crippen LogP contribution in [0.3, 0.4) is 0 Å². The van der Waals surface area contributed by atoms with Gasteiger partial charge in [-0.2, -0.15) is 0 Å². The lowest BCUT2D eigenvalue weighted by Gasteiger charge is -2.22. The van der Waals surface area contributed by atoms with E-state index in [2.05, 4.69) is 10.6 Å². The van der Waals surface area contributed by atoms with E-state index in [-0.39, 0.29) is 24.0 Å². The van der Waals surface area contributed by atoms with E-state index in [0.29, 0.717) is 19.4 Å². The number of rotatable bonds is 3. The van der Waals surface area contributed by atoms with Gasteiger partial charge in [-0.25, -0.2) is 8.42 Å². The van der Waals surface area contributed by atoms with Gasteiger partial charge in [-0.15, -0.1) is 0 Å². The number of amides is 1. The van der Waals surface area contributed by atoms with Gasteiger partial charge >= 0.3 is 0 Å². The number of β-amino-alcohol motifs (C(OH)–C–C–N with tert-alkyl or cyclic N) is 1.